The summed E-state index contributed by atoms with van der Waals surface area (Å²) in [4.78, 5) is 42.8. The highest BCUT2D eigenvalue weighted by molar-refractivity contribution is 9.10. The van der Waals surface area contributed by atoms with Crippen LogP contribution in [0.4, 0.5) is 5.69 Å². The molecule has 1 atom stereocenters. The molecular weight excluding hydrogens is 574 g/mol. The zero-order valence-electron chi connectivity index (χ0n) is 21.3. The van der Waals surface area contributed by atoms with Crippen molar-refractivity contribution in [3.05, 3.63) is 105 Å². The average Bonchev–Trinajstić information content (AvgIpc) is 3.18. The van der Waals surface area contributed by atoms with Gasteiger partial charge in [-0.15, -0.1) is 0 Å². The predicted octanol–water partition coefficient (Wildman–Crippen LogP) is 4.22. The molecule has 0 saturated carbocycles. The van der Waals surface area contributed by atoms with Gasteiger partial charge in [0.2, 0.25) is 0 Å². The number of hydrogen-bond acceptors (Lipinski definition) is 8. The Balaban J connectivity index is 1.89. The van der Waals surface area contributed by atoms with Crippen molar-refractivity contribution in [1.82, 2.24) is 4.57 Å². The van der Waals surface area contributed by atoms with Crippen LogP contribution in [0.2, 0.25) is 0 Å². The zero-order chi connectivity index (χ0) is 27.6. The number of thiazole rings is 1. The van der Waals surface area contributed by atoms with Crippen molar-refractivity contribution in [2.45, 2.75) is 32.7 Å². The van der Waals surface area contributed by atoms with Crippen LogP contribution in [0.15, 0.2) is 68.0 Å². The third-order valence-electron chi connectivity index (χ3n) is 6.15. The largest absolute Gasteiger partial charge is 0.460 e. The molecule has 1 unspecified atom stereocenters. The quantitative estimate of drug-likeness (QED) is 0.166. The highest BCUT2D eigenvalue weighted by atomic mass is 79.9. The summed E-state index contributed by atoms with van der Waals surface area (Å²) in [7, 11) is 1.52. The molecule has 0 aliphatic carbocycles. The molecule has 198 valence electrons. The molecule has 3 aromatic rings. The number of ether oxygens (including phenoxy) is 2. The first kappa shape index (κ1) is 27.6. The van der Waals surface area contributed by atoms with Gasteiger partial charge in [0.1, 0.15) is 6.61 Å². The molecular formula is C27H26BrN3O6S. The molecule has 2 aromatic carbocycles. The summed E-state index contributed by atoms with van der Waals surface area (Å²) in [5, 5.41) is 11.4. The first-order chi connectivity index (χ1) is 18.1. The second kappa shape index (κ2) is 11.5. The predicted molar refractivity (Wildman–Crippen MR) is 148 cm³/mol. The fourth-order valence-electron chi connectivity index (χ4n) is 4.17. The Kier molecular flexibility index (Phi) is 8.39. The SMILES string of the molecule is COCCOC(=O)C1=C(C)N=c2sc(=Cc3ccc(Br)c([N+](=O)[O-])c3)c(=O)n2C1c1ccc(C(C)C)cc1. The number of benzene rings is 2. The monoisotopic (exact) mass is 599 g/mol. The van der Waals surface area contributed by atoms with Gasteiger partial charge in [-0.2, -0.15) is 0 Å². The van der Waals surface area contributed by atoms with Gasteiger partial charge in [0.25, 0.3) is 11.2 Å². The Bertz CT molecular complexity index is 1600. The Morgan fingerprint density at radius 2 is 1.95 bits per heavy atom. The fraction of sp³-hybridized carbons (Fsp3) is 0.296. The highest BCUT2D eigenvalue weighted by Crippen LogP contribution is 2.31. The summed E-state index contributed by atoms with van der Waals surface area (Å²) in [6.45, 7) is 6.21. The lowest BCUT2D eigenvalue weighted by Crippen LogP contribution is -2.40. The lowest BCUT2D eigenvalue weighted by atomic mass is 9.93. The van der Waals surface area contributed by atoms with Crippen molar-refractivity contribution in [3.8, 4) is 0 Å². The Labute approximate surface area is 231 Å². The highest BCUT2D eigenvalue weighted by Gasteiger charge is 2.33. The van der Waals surface area contributed by atoms with Crippen LogP contribution in [0.25, 0.3) is 6.08 Å². The molecule has 1 aliphatic heterocycles. The maximum atomic E-state index is 13.7. The summed E-state index contributed by atoms with van der Waals surface area (Å²) >= 11 is 4.34. The van der Waals surface area contributed by atoms with E-state index in [0.29, 0.717) is 31.0 Å². The van der Waals surface area contributed by atoms with E-state index < -0.39 is 16.9 Å². The van der Waals surface area contributed by atoms with Gasteiger partial charge in [-0.05, 0) is 57.6 Å². The van der Waals surface area contributed by atoms with Gasteiger partial charge >= 0.3 is 5.97 Å². The van der Waals surface area contributed by atoms with Gasteiger partial charge in [-0.1, -0.05) is 55.5 Å². The van der Waals surface area contributed by atoms with E-state index in [9.17, 15) is 19.7 Å². The number of fused-ring (bicyclic) bond motifs is 1. The first-order valence-corrected chi connectivity index (χ1v) is 13.5. The number of halogens is 1. The average molecular weight is 600 g/mol. The van der Waals surface area contributed by atoms with Crippen molar-refractivity contribution >= 4 is 45.0 Å². The smallest absolute Gasteiger partial charge is 0.338 e. The summed E-state index contributed by atoms with van der Waals surface area (Å²) in [6, 6.07) is 11.7. The molecule has 4 rings (SSSR count). The van der Waals surface area contributed by atoms with Gasteiger partial charge in [-0.25, -0.2) is 9.79 Å². The standard InChI is InChI=1S/C27H26BrN3O6S/c1-15(2)18-6-8-19(9-7-18)24-23(26(33)37-12-11-36-4)16(3)29-27-30(24)25(32)22(38-27)14-17-5-10-20(28)21(13-17)31(34)35/h5-10,13-15,24H,11-12H2,1-4H3. The van der Waals surface area contributed by atoms with E-state index in [1.807, 2.05) is 24.3 Å². The number of rotatable bonds is 8. The normalized spacial score (nSPS) is 15.4. The number of carbonyl (C=O) groups is 1. The van der Waals surface area contributed by atoms with Crippen molar-refractivity contribution in [2.75, 3.05) is 20.3 Å². The van der Waals surface area contributed by atoms with E-state index in [2.05, 4.69) is 34.8 Å². The van der Waals surface area contributed by atoms with Crippen LogP contribution < -0.4 is 14.9 Å². The van der Waals surface area contributed by atoms with Gasteiger partial charge in [0.05, 0.1) is 37.8 Å². The molecule has 1 aliphatic rings. The summed E-state index contributed by atoms with van der Waals surface area (Å²) in [5.74, 6) is -0.254. The zero-order valence-corrected chi connectivity index (χ0v) is 23.7. The van der Waals surface area contributed by atoms with Crippen LogP contribution in [0.1, 0.15) is 49.4 Å². The van der Waals surface area contributed by atoms with Crippen LogP contribution in [0.5, 0.6) is 0 Å². The molecule has 11 heteroatoms. The van der Waals surface area contributed by atoms with Crippen molar-refractivity contribution in [1.29, 1.82) is 0 Å². The minimum Gasteiger partial charge on any atom is -0.460 e. The molecule has 0 bridgehead atoms. The second-order valence-corrected chi connectivity index (χ2v) is 10.9. The summed E-state index contributed by atoms with van der Waals surface area (Å²) < 4.78 is 12.6. The van der Waals surface area contributed by atoms with E-state index >= 15 is 0 Å². The number of allylic oxidation sites excluding steroid dienone is 1. The number of aromatic nitrogens is 1. The Hall–Kier alpha value is -3.41. The third-order valence-corrected chi connectivity index (χ3v) is 7.80. The molecule has 1 aromatic heterocycles. The van der Waals surface area contributed by atoms with E-state index in [0.717, 1.165) is 22.5 Å². The molecule has 38 heavy (non-hydrogen) atoms. The van der Waals surface area contributed by atoms with Crippen LogP contribution in [-0.2, 0) is 14.3 Å². The van der Waals surface area contributed by atoms with Crippen molar-refractivity contribution in [2.24, 2.45) is 4.99 Å². The second-order valence-electron chi connectivity index (χ2n) is 9.00. The van der Waals surface area contributed by atoms with Gasteiger partial charge < -0.3 is 9.47 Å². The third kappa shape index (κ3) is 5.54. The number of nitro groups is 1. The van der Waals surface area contributed by atoms with Crippen LogP contribution in [0.3, 0.4) is 0 Å². The topological polar surface area (TPSA) is 113 Å². The number of nitrogens with zero attached hydrogens (tertiary/aromatic N) is 3. The Morgan fingerprint density at radius 1 is 1.24 bits per heavy atom. The van der Waals surface area contributed by atoms with Gasteiger partial charge in [0, 0.05) is 13.2 Å². The lowest BCUT2D eigenvalue weighted by molar-refractivity contribution is -0.385. The minimum atomic E-state index is -0.746. The molecule has 0 amide bonds. The van der Waals surface area contributed by atoms with Crippen LogP contribution >= 0.6 is 27.3 Å². The molecule has 9 nitrogen and oxygen atoms in total. The number of carbonyl (C=O) groups excluding carboxylic acids is 1. The molecule has 2 heterocycles. The molecule has 0 fully saturated rings. The van der Waals surface area contributed by atoms with E-state index in [1.54, 1.807) is 25.1 Å². The van der Waals surface area contributed by atoms with Crippen molar-refractivity contribution < 1.29 is 19.2 Å². The molecule has 0 saturated heterocycles. The molecule has 0 spiro atoms. The summed E-state index contributed by atoms with van der Waals surface area (Å²) in [5.41, 5.74) is 2.64. The number of nitro benzene ring substituents is 1. The lowest BCUT2D eigenvalue weighted by Gasteiger charge is -2.25. The van der Waals surface area contributed by atoms with E-state index in [1.165, 1.54) is 17.7 Å². The Morgan fingerprint density at radius 3 is 2.58 bits per heavy atom. The van der Waals surface area contributed by atoms with Crippen LogP contribution in [0, 0.1) is 10.1 Å². The summed E-state index contributed by atoms with van der Waals surface area (Å²) in [6.07, 6.45) is 1.60. The van der Waals surface area contributed by atoms with Crippen molar-refractivity contribution in [3.63, 3.8) is 0 Å². The van der Waals surface area contributed by atoms with Crippen LogP contribution in [-0.4, -0.2) is 35.8 Å². The first-order valence-electron chi connectivity index (χ1n) is 11.8. The van der Waals surface area contributed by atoms with E-state index in [-0.39, 0.29) is 30.0 Å². The maximum absolute atomic E-state index is 13.7. The minimum absolute atomic E-state index is 0.0673. The van der Waals surface area contributed by atoms with Gasteiger partial charge in [0.15, 0.2) is 4.80 Å². The number of hydrogen-bond donors (Lipinski definition) is 0. The maximum Gasteiger partial charge on any atom is 0.338 e. The number of esters is 1. The van der Waals surface area contributed by atoms with Gasteiger partial charge in [-0.3, -0.25) is 19.5 Å². The fourth-order valence-corrected chi connectivity index (χ4v) is 5.61. The molecule has 0 N–H and O–H groups in total. The number of methoxy groups -OCH3 is 1. The van der Waals surface area contributed by atoms with E-state index in [4.69, 9.17) is 9.47 Å². The molecule has 0 radical (unpaired) electrons.